The number of nitrogens with zero attached hydrogens (tertiary/aromatic N) is 1. The highest BCUT2D eigenvalue weighted by atomic mass is 16.7. The molecule has 0 atom stereocenters. The normalized spacial score (nSPS) is 12.6. The van der Waals surface area contributed by atoms with Crippen LogP contribution in [0, 0.1) is 12.8 Å². The van der Waals surface area contributed by atoms with Gasteiger partial charge in [-0.3, -0.25) is 4.79 Å². The van der Waals surface area contributed by atoms with Crippen LogP contribution < -0.4 is 14.8 Å². The summed E-state index contributed by atoms with van der Waals surface area (Å²) in [5, 5.41) is 3.22. The molecule has 140 valence electrons. The Balaban J connectivity index is 1.70. The van der Waals surface area contributed by atoms with Crippen LogP contribution in [0.25, 0.3) is 0 Å². The van der Waals surface area contributed by atoms with Crippen LogP contribution in [0.2, 0.25) is 0 Å². The van der Waals surface area contributed by atoms with Crippen LogP contribution in [0.15, 0.2) is 34.7 Å². The number of carbonyl (C=O) groups is 1. The Morgan fingerprint density at radius 2 is 1.96 bits per heavy atom. The first kappa shape index (κ1) is 18.3. The Labute approximate surface area is 154 Å². The van der Waals surface area contributed by atoms with Gasteiger partial charge in [-0.2, -0.15) is 0 Å². The molecular weight excluding hydrogens is 332 g/mol. The number of hydrogen-bond acceptors (Lipinski definition) is 5. The van der Waals surface area contributed by atoms with E-state index >= 15 is 0 Å². The van der Waals surface area contributed by atoms with Gasteiger partial charge in [0.1, 0.15) is 11.5 Å². The fourth-order valence-electron chi connectivity index (χ4n) is 2.83. The molecule has 1 aromatic heterocycles. The number of carbonyl (C=O) groups excluding carboxylic acids is 1. The van der Waals surface area contributed by atoms with E-state index in [0.717, 1.165) is 35.1 Å². The summed E-state index contributed by atoms with van der Waals surface area (Å²) in [6.07, 6.45) is 0. The van der Waals surface area contributed by atoms with E-state index in [1.165, 1.54) is 0 Å². The van der Waals surface area contributed by atoms with Crippen molar-refractivity contribution < 1.29 is 18.7 Å². The molecule has 3 rings (SSSR count). The minimum absolute atomic E-state index is 0.0392. The molecule has 2 aromatic rings. The van der Waals surface area contributed by atoms with E-state index in [-0.39, 0.29) is 12.7 Å². The molecule has 2 heterocycles. The van der Waals surface area contributed by atoms with Gasteiger partial charge in [-0.1, -0.05) is 19.9 Å². The van der Waals surface area contributed by atoms with Crippen molar-refractivity contribution in [2.75, 3.05) is 19.9 Å². The zero-order valence-electron chi connectivity index (χ0n) is 15.6. The highest BCUT2D eigenvalue weighted by molar-refractivity contribution is 5.78. The van der Waals surface area contributed by atoms with Crippen LogP contribution in [-0.4, -0.2) is 30.7 Å². The second-order valence-corrected chi connectivity index (χ2v) is 6.97. The van der Waals surface area contributed by atoms with Gasteiger partial charge in [0.2, 0.25) is 12.7 Å². The van der Waals surface area contributed by atoms with Crippen molar-refractivity contribution in [2.24, 2.45) is 5.92 Å². The van der Waals surface area contributed by atoms with E-state index < -0.39 is 0 Å². The lowest BCUT2D eigenvalue weighted by Crippen LogP contribution is -2.38. The van der Waals surface area contributed by atoms with E-state index in [0.29, 0.717) is 25.6 Å². The Morgan fingerprint density at radius 1 is 1.15 bits per heavy atom. The maximum absolute atomic E-state index is 12.7. The predicted octanol–water partition coefficient (Wildman–Crippen LogP) is 3.09. The minimum atomic E-state index is 0.0392. The summed E-state index contributed by atoms with van der Waals surface area (Å²) in [4.78, 5) is 14.5. The van der Waals surface area contributed by atoms with Crippen molar-refractivity contribution in [3.8, 4) is 11.5 Å². The largest absolute Gasteiger partial charge is 0.464 e. The van der Waals surface area contributed by atoms with Gasteiger partial charge in [-0.15, -0.1) is 0 Å². The van der Waals surface area contributed by atoms with Crippen LogP contribution in [0.1, 0.15) is 30.9 Å². The van der Waals surface area contributed by atoms with Crippen LogP contribution in [-0.2, 0) is 17.9 Å². The lowest BCUT2D eigenvalue weighted by Gasteiger charge is -2.22. The molecule has 1 aliphatic rings. The third-order valence-corrected chi connectivity index (χ3v) is 4.13. The van der Waals surface area contributed by atoms with Crippen LogP contribution in [0.3, 0.4) is 0 Å². The molecule has 1 amide bonds. The van der Waals surface area contributed by atoms with Gasteiger partial charge in [-0.05, 0) is 49.2 Å². The van der Waals surface area contributed by atoms with Gasteiger partial charge >= 0.3 is 0 Å². The number of ether oxygens (including phenoxy) is 2. The second-order valence-electron chi connectivity index (χ2n) is 6.97. The lowest BCUT2D eigenvalue weighted by atomic mass is 10.2. The number of rotatable bonds is 8. The third-order valence-electron chi connectivity index (χ3n) is 4.13. The smallest absolute Gasteiger partial charge is 0.237 e. The quantitative estimate of drug-likeness (QED) is 0.786. The second kappa shape index (κ2) is 8.27. The first-order valence-electron chi connectivity index (χ1n) is 8.93. The van der Waals surface area contributed by atoms with E-state index in [4.69, 9.17) is 13.9 Å². The van der Waals surface area contributed by atoms with E-state index in [2.05, 4.69) is 19.2 Å². The lowest BCUT2D eigenvalue weighted by molar-refractivity contribution is -0.131. The first-order valence-corrected chi connectivity index (χ1v) is 8.93. The molecule has 0 saturated carbocycles. The molecule has 0 fully saturated rings. The summed E-state index contributed by atoms with van der Waals surface area (Å²) in [6, 6.07) is 9.60. The van der Waals surface area contributed by atoms with E-state index in [9.17, 15) is 4.79 Å². The Morgan fingerprint density at radius 3 is 2.69 bits per heavy atom. The molecule has 0 unspecified atom stereocenters. The fourth-order valence-corrected chi connectivity index (χ4v) is 2.83. The SMILES string of the molecule is Cc1ccc(CN(Cc2ccc3c(c2)OCO3)C(=O)CNCC(C)C)o1. The minimum Gasteiger partial charge on any atom is -0.464 e. The molecule has 0 spiro atoms. The number of furan rings is 1. The van der Waals surface area contributed by atoms with E-state index in [1.807, 2.05) is 37.3 Å². The average Bonchev–Trinajstić information content (AvgIpc) is 3.22. The molecule has 26 heavy (non-hydrogen) atoms. The molecule has 1 aliphatic heterocycles. The molecule has 1 aromatic carbocycles. The molecule has 6 nitrogen and oxygen atoms in total. The van der Waals surface area contributed by atoms with Crippen molar-refractivity contribution in [1.29, 1.82) is 0 Å². The van der Waals surface area contributed by atoms with Crippen LogP contribution in [0.5, 0.6) is 11.5 Å². The maximum Gasteiger partial charge on any atom is 0.237 e. The number of nitrogens with one attached hydrogen (secondary N) is 1. The molecular formula is C20H26N2O4. The highest BCUT2D eigenvalue weighted by Gasteiger charge is 2.19. The zero-order valence-corrected chi connectivity index (χ0v) is 15.6. The molecule has 0 saturated heterocycles. The summed E-state index contributed by atoms with van der Waals surface area (Å²) in [6.45, 7) is 8.42. The molecule has 0 radical (unpaired) electrons. The standard InChI is InChI=1S/C20H26N2O4/c1-14(2)9-21-10-20(23)22(12-17-6-4-15(3)26-17)11-16-5-7-18-19(8-16)25-13-24-18/h4-8,14,21H,9-13H2,1-3H3. The van der Waals surface area contributed by atoms with Gasteiger partial charge in [0.05, 0.1) is 13.1 Å². The van der Waals surface area contributed by atoms with E-state index in [1.54, 1.807) is 4.90 Å². The molecule has 0 bridgehead atoms. The number of hydrogen-bond donors (Lipinski definition) is 1. The first-order chi connectivity index (χ1) is 12.5. The number of benzene rings is 1. The van der Waals surface area contributed by atoms with Gasteiger partial charge in [0.15, 0.2) is 11.5 Å². The summed E-state index contributed by atoms with van der Waals surface area (Å²) in [7, 11) is 0. The number of fused-ring (bicyclic) bond motifs is 1. The maximum atomic E-state index is 12.7. The van der Waals surface area contributed by atoms with Gasteiger partial charge < -0.3 is 24.1 Å². The van der Waals surface area contributed by atoms with Crippen molar-refractivity contribution in [3.63, 3.8) is 0 Å². The summed E-state index contributed by atoms with van der Waals surface area (Å²) in [5.41, 5.74) is 0.995. The topological polar surface area (TPSA) is 63.9 Å². The average molecular weight is 358 g/mol. The summed E-state index contributed by atoms with van der Waals surface area (Å²) in [5.74, 6) is 3.62. The van der Waals surface area contributed by atoms with Gasteiger partial charge in [0, 0.05) is 6.54 Å². The Hall–Kier alpha value is -2.47. The zero-order chi connectivity index (χ0) is 18.5. The van der Waals surface area contributed by atoms with Crippen LogP contribution >= 0.6 is 0 Å². The van der Waals surface area contributed by atoms with Crippen LogP contribution in [0.4, 0.5) is 0 Å². The van der Waals surface area contributed by atoms with Crippen molar-refractivity contribution in [1.82, 2.24) is 10.2 Å². The highest BCUT2D eigenvalue weighted by Crippen LogP contribution is 2.33. The number of amides is 1. The Bertz CT molecular complexity index is 754. The summed E-state index contributed by atoms with van der Waals surface area (Å²) >= 11 is 0. The van der Waals surface area contributed by atoms with Gasteiger partial charge in [0.25, 0.3) is 0 Å². The monoisotopic (exact) mass is 358 g/mol. The van der Waals surface area contributed by atoms with Gasteiger partial charge in [-0.25, -0.2) is 0 Å². The molecule has 6 heteroatoms. The molecule has 0 aliphatic carbocycles. The number of aryl methyl sites for hydroxylation is 1. The van der Waals surface area contributed by atoms with Crippen molar-refractivity contribution in [3.05, 3.63) is 47.4 Å². The van der Waals surface area contributed by atoms with Crippen molar-refractivity contribution >= 4 is 5.91 Å². The fraction of sp³-hybridized carbons (Fsp3) is 0.450. The Kier molecular flexibility index (Phi) is 5.83. The van der Waals surface area contributed by atoms with Crippen molar-refractivity contribution in [2.45, 2.75) is 33.9 Å². The third kappa shape index (κ3) is 4.79. The predicted molar refractivity (Wildman–Crippen MR) is 98.0 cm³/mol. The summed E-state index contributed by atoms with van der Waals surface area (Å²) < 4.78 is 16.4. The molecule has 1 N–H and O–H groups in total.